The Hall–Kier alpha value is -2.74. The average molecular weight is 326 g/mol. The summed E-state index contributed by atoms with van der Waals surface area (Å²) in [6, 6.07) is 8.25. The van der Waals surface area contributed by atoms with Crippen molar-refractivity contribution in [1.82, 2.24) is 34.9 Å². The van der Waals surface area contributed by atoms with Crippen LogP contribution in [0.2, 0.25) is 0 Å². The molecule has 1 atom stereocenters. The molecule has 0 radical (unpaired) electrons. The van der Waals surface area contributed by atoms with Crippen LogP contribution in [-0.2, 0) is 7.05 Å². The molecule has 3 rings (SSSR count). The van der Waals surface area contributed by atoms with Crippen molar-refractivity contribution in [3.8, 4) is 5.69 Å². The number of aryl methyl sites for hydroxylation is 2. The van der Waals surface area contributed by atoms with Gasteiger partial charge in [0.15, 0.2) is 0 Å². The lowest BCUT2D eigenvalue weighted by Gasteiger charge is -2.23. The second-order valence-corrected chi connectivity index (χ2v) is 6.06. The number of nitrogens with one attached hydrogen (secondary N) is 1. The largest absolute Gasteiger partial charge is 0.351 e. The maximum atomic E-state index is 4.25. The van der Waals surface area contributed by atoms with Crippen LogP contribution in [-0.4, -0.2) is 55.5 Å². The number of nitrogens with zero attached hydrogens (tertiary/aromatic N) is 7. The van der Waals surface area contributed by atoms with E-state index in [2.05, 4.69) is 37.8 Å². The zero-order valence-electron chi connectivity index (χ0n) is 14.4. The van der Waals surface area contributed by atoms with Gasteiger partial charge in [0, 0.05) is 25.4 Å². The highest BCUT2D eigenvalue weighted by Crippen LogP contribution is 2.19. The first-order valence-electron chi connectivity index (χ1n) is 7.79. The Kier molecular flexibility index (Phi) is 4.57. The number of hydrogen-bond acceptors (Lipinski definition) is 6. The first kappa shape index (κ1) is 16.1. The number of hydrogen-bond donors (Lipinski definition) is 1. The molecule has 0 aliphatic heterocycles. The van der Waals surface area contributed by atoms with E-state index in [0.717, 1.165) is 11.3 Å². The summed E-state index contributed by atoms with van der Waals surface area (Å²) >= 11 is 0. The summed E-state index contributed by atoms with van der Waals surface area (Å²) in [5, 5.41) is 19.6. The summed E-state index contributed by atoms with van der Waals surface area (Å²) in [5.74, 6) is 0.620. The summed E-state index contributed by atoms with van der Waals surface area (Å²) in [7, 11) is 6.01. The van der Waals surface area contributed by atoms with Gasteiger partial charge in [-0.05, 0) is 43.6 Å². The molecular weight excluding hydrogens is 304 g/mol. The van der Waals surface area contributed by atoms with E-state index < -0.39 is 0 Å². The third kappa shape index (κ3) is 3.43. The van der Waals surface area contributed by atoms with Crippen molar-refractivity contribution in [3.63, 3.8) is 0 Å². The van der Waals surface area contributed by atoms with Crippen LogP contribution in [0.4, 0.5) is 5.95 Å². The van der Waals surface area contributed by atoms with Gasteiger partial charge >= 0.3 is 0 Å². The third-order valence-corrected chi connectivity index (χ3v) is 3.93. The molecule has 3 aromatic rings. The van der Waals surface area contributed by atoms with E-state index in [4.69, 9.17) is 0 Å². The molecule has 1 N–H and O–H groups in total. The monoisotopic (exact) mass is 326 g/mol. The van der Waals surface area contributed by atoms with Crippen LogP contribution in [0.5, 0.6) is 0 Å². The van der Waals surface area contributed by atoms with Gasteiger partial charge in [-0.25, -0.2) is 0 Å². The Bertz CT molecular complexity index is 787. The van der Waals surface area contributed by atoms with Crippen molar-refractivity contribution >= 4 is 5.95 Å². The molecule has 0 spiro atoms. The molecule has 0 amide bonds. The number of aromatic nitrogens is 6. The fourth-order valence-electron chi connectivity index (χ4n) is 2.56. The lowest BCUT2D eigenvalue weighted by atomic mass is 10.1. The molecule has 0 bridgehead atoms. The molecule has 8 nitrogen and oxygen atoms in total. The van der Waals surface area contributed by atoms with Crippen molar-refractivity contribution < 1.29 is 0 Å². The van der Waals surface area contributed by atoms with E-state index in [1.54, 1.807) is 4.68 Å². The number of benzene rings is 1. The van der Waals surface area contributed by atoms with Crippen LogP contribution < -0.4 is 5.32 Å². The minimum atomic E-state index is 0.168. The van der Waals surface area contributed by atoms with Gasteiger partial charge in [0.1, 0.15) is 0 Å². The Morgan fingerprint density at radius 2 is 1.96 bits per heavy atom. The fourth-order valence-corrected chi connectivity index (χ4v) is 2.56. The highest BCUT2D eigenvalue weighted by molar-refractivity contribution is 5.40. The predicted octanol–water partition coefficient (Wildman–Crippen LogP) is 1.42. The zero-order valence-corrected chi connectivity index (χ0v) is 14.4. The Morgan fingerprint density at radius 3 is 2.58 bits per heavy atom. The van der Waals surface area contributed by atoms with Gasteiger partial charge in [0.25, 0.3) is 0 Å². The molecule has 1 aromatic carbocycles. The Labute approximate surface area is 141 Å². The summed E-state index contributed by atoms with van der Waals surface area (Å²) in [6.45, 7) is 2.73. The van der Waals surface area contributed by atoms with Crippen LogP contribution in [0, 0.1) is 6.92 Å². The van der Waals surface area contributed by atoms with Gasteiger partial charge < -0.3 is 10.2 Å². The number of rotatable bonds is 6. The summed E-state index contributed by atoms with van der Waals surface area (Å²) in [5.41, 5.74) is 3.27. The van der Waals surface area contributed by atoms with E-state index in [9.17, 15) is 0 Å². The van der Waals surface area contributed by atoms with Crippen molar-refractivity contribution in [1.29, 1.82) is 0 Å². The third-order valence-electron chi connectivity index (χ3n) is 3.93. The number of anilines is 1. The van der Waals surface area contributed by atoms with Gasteiger partial charge in [0.2, 0.25) is 5.95 Å². The van der Waals surface area contributed by atoms with Crippen LogP contribution in [0.3, 0.4) is 0 Å². The van der Waals surface area contributed by atoms with Gasteiger partial charge in [0.05, 0.1) is 17.9 Å². The minimum absolute atomic E-state index is 0.168. The van der Waals surface area contributed by atoms with Crippen LogP contribution in [0.1, 0.15) is 17.2 Å². The van der Waals surface area contributed by atoms with Crippen LogP contribution >= 0.6 is 0 Å². The molecule has 0 aliphatic carbocycles. The molecule has 24 heavy (non-hydrogen) atoms. The second kappa shape index (κ2) is 6.79. The van der Waals surface area contributed by atoms with Gasteiger partial charge in [-0.15, -0.1) is 0 Å². The highest BCUT2D eigenvalue weighted by Gasteiger charge is 2.17. The summed E-state index contributed by atoms with van der Waals surface area (Å²) in [4.78, 5) is 2.14. The van der Waals surface area contributed by atoms with E-state index in [1.807, 2.05) is 62.5 Å². The zero-order chi connectivity index (χ0) is 17.1. The molecule has 1 unspecified atom stereocenters. The molecule has 2 aromatic heterocycles. The van der Waals surface area contributed by atoms with Crippen LogP contribution in [0.25, 0.3) is 5.69 Å². The molecule has 126 valence electrons. The normalized spacial score (nSPS) is 12.5. The molecule has 0 aliphatic rings. The van der Waals surface area contributed by atoms with Gasteiger partial charge in [-0.3, -0.25) is 4.68 Å². The second-order valence-electron chi connectivity index (χ2n) is 6.06. The summed E-state index contributed by atoms with van der Waals surface area (Å²) in [6.07, 6.45) is 3.91. The SMILES string of the molecule is Cc1ccc(-n2nnnc2NCC(c2cnn(C)c2)N(C)C)cc1. The lowest BCUT2D eigenvalue weighted by Crippen LogP contribution is -2.27. The predicted molar refractivity (Wildman–Crippen MR) is 92.0 cm³/mol. The van der Waals surface area contributed by atoms with Crippen molar-refractivity contribution in [2.24, 2.45) is 7.05 Å². The Balaban J connectivity index is 1.77. The summed E-state index contributed by atoms with van der Waals surface area (Å²) < 4.78 is 3.51. The van der Waals surface area contributed by atoms with Crippen molar-refractivity contribution in [2.45, 2.75) is 13.0 Å². The Morgan fingerprint density at radius 1 is 1.21 bits per heavy atom. The van der Waals surface area contributed by atoms with Crippen molar-refractivity contribution in [2.75, 3.05) is 26.0 Å². The highest BCUT2D eigenvalue weighted by atomic mass is 15.6. The first-order chi connectivity index (χ1) is 11.5. The van der Waals surface area contributed by atoms with Crippen molar-refractivity contribution in [3.05, 3.63) is 47.8 Å². The van der Waals surface area contributed by atoms with E-state index in [1.165, 1.54) is 5.56 Å². The van der Waals surface area contributed by atoms with E-state index in [-0.39, 0.29) is 6.04 Å². The maximum Gasteiger partial charge on any atom is 0.247 e. The smallest absolute Gasteiger partial charge is 0.247 e. The molecule has 0 fully saturated rings. The average Bonchev–Trinajstić information content (AvgIpc) is 3.17. The van der Waals surface area contributed by atoms with E-state index >= 15 is 0 Å². The quantitative estimate of drug-likeness (QED) is 0.738. The fraction of sp³-hybridized carbons (Fsp3) is 0.375. The molecule has 0 saturated heterocycles. The van der Waals surface area contributed by atoms with Crippen LogP contribution in [0.15, 0.2) is 36.7 Å². The van der Waals surface area contributed by atoms with E-state index in [0.29, 0.717) is 12.5 Å². The molecule has 0 saturated carbocycles. The maximum absolute atomic E-state index is 4.25. The van der Waals surface area contributed by atoms with Gasteiger partial charge in [-0.1, -0.05) is 22.8 Å². The molecular formula is C16H22N8. The minimum Gasteiger partial charge on any atom is -0.351 e. The topological polar surface area (TPSA) is 76.7 Å². The molecule has 8 heteroatoms. The molecule has 2 heterocycles. The standard InChI is InChI=1S/C16H22N8/c1-12-5-7-14(8-6-12)24-16(19-20-21-24)17-10-15(22(2)3)13-9-18-23(4)11-13/h5-9,11,15H,10H2,1-4H3,(H,17,19,21). The van der Waals surface area contributed by atoms with Gasteiger partial charge in [-0.2, -0.15) is 9.78 Å². The lowest BCUT2D eigenvalue weighted by molar-refractivity contribution is 0.311. The number of tetrazole rings is 1. The first-order valence-corrected chi connectivity index (χ1v) is 7.79. The number of likely N-dealkylation sites (N-methyl/N-ethyl adjacent to an activating group) is 1.